The summed E-state index contributed by atoms with van der Waals surface area (Å²) in [6, 6.07) is 14.6. The monoisotopic (exact) mass is 385 g/mol. The Morgan fingerprint density at radius 3 is 2.11 bits per heavy atom. The van der Waals surface area contributed by atoms with Gasteiger partial charge in [0, 0.05) is 35.2 Å². The summed E-state index contributed by atoms with van der Waals surface area (Å²) in [6.07, 6.45) is 2.43. The van der Waals surface area contributed by atoms with Crippen molar-refractivity contribution in [2.24, 2.45) is 5.41 Å². The highest BCUT2D eigenvalue weighted by Gasteiger charge is 2.36. The highest BCUT2D eigenvalue weighted by molar-refractivity contribution is 6.31. The molecule has 142 valence electrons. The number of carbonyl (C=O) groups excluding carboxylic acids is 2. The maximum atomic E-state index is 12.7. The minimum absolute atomic E-state index is 0.365. The molecule has 2 amide bonds. The minimum atomic E-state index is -1.24. The molecule has 0 saturated carbocycles. The van der Waals surface area contributed by atoms with Crippen LogP contribution in [0.15, 0.2) is 48.5 Å². The van der Waals surface area contributed by atoms with Crippen LogP contribution in [0.2, 0.25) is 5.02 Å². The number of nitrogens with zero attached hydrogens (tertiary/aromatic N) is 1. The fourth-order valence-electron chi connectivity index (χ4n) is 2.97. The molecule has 0 spiro atoms. The molecule has 0 unspecified atom stereocenters. The summed E-state index contributed by atoms with van der Waals surface area (Å²) in [5.41, 5.74) is 1.15. The molecule has 1 saturated heterocycles. The van der Waals surface area contributed by atoms with Crippen molar-refractivity contribution in [2.45, 2.75) is 26.7 Å². The molecule has 1 aliphatic heterocycles. The average molecular weight is 386 g/mol. The van der Waals surface area contributed by atoms with Crippen LogP contribution >= 0.6 is 11.6 Å². The van der Waals surface area contributed by atoms with Gasteiger partial charge in [-0.3, -0.25) is 9.59 Å². The van der Waals surface area contributed by atoms with E-state index in [0.717, 1.165) is 18.8 Å². The van der Waals surface area contributed by atoms with Gasteiger partial charge in [0.05, 0.1) is 0 Å². The van der Waals surface area contributed by atoms with Gasteiger partial charge in [-0.2, -0.15) is 0 Å². The number of benzene rings is 2. The number of nitrogens with one attached hydrogen (secondary N) is 2. The number of halogens is 1. The molecule has 5 nitrogen and oxygen atoms in total. The molecule has 0 bridgehead atoms. The summed E-state index contributed by atoms with van der Waals surface area (Å²) in [4.78, 5) is 27.6. The molecule has 0 atom stereocenters. The maximum absolute atomic E-state index is 12.7. The Hall–Kier alpha value is -2.53. The van der Waals surface area contributed by atoms with Crippen molar-refractivity contribution in [2.75, 3.05) is 28.6 Å². The Morgan fingerprint density at radius 1 is 0.926 bits per heavy atom. The first-order chi connectivity index (χ1) is 12.9. The van der Waals surface area contributed by atoms with Crippen molar-refractivity contribution >= 4 is 40.5 Å². The van der Waals surface area contributed by atoms with Crippen molar-refractivity contribution in [1.82, 2.24) is 0 Å². The maximum Gasteiger partial charge on any atom is 0.239 e. The van der Waals surface area contributed by atoms with Crippen molar-refractivity contribution in [3.63, 3.8) is 0 Å². The van der Waals surface area contributed by atoms with Gasteiger partial charge >= 0.3 is 0 Å². The Bertz CT molecular complexity index is 828. The van der Waals surface area contributed by atoms with Crippen LogP contribution in [0.25, 0.3) is 0 Å². The van der Waals surface area contributed by atoms with E-state index < -0.39 is 11.3 Å². The van der Waals surface area contributed by atoms with E-state index in [1.165, 1.54) is 12.8 Å². The zero-order valence-corrected chi connectivity index (χ0v) is 16.3. The lowest BCUT2D eigenvalue weighted by molar-refractivity contribution is -0.135. The third-order valence-electron chi connectivity index (χ3n) is 4.81. The van der Waals surface area contributed by atoms with E-state index in [1.54, 1.807) is 38.1 Å². The summed E-state index contributed by atoms with van der Waals surface area (Å²) in [5, 5.41) is 6.10. The van der Waals surface area contributed by atoms with Gasteiger partial charge in [-0.1, -0.05) is 17.7 Å². The lowest BCUT2D eigenvalue weighted by atomic mass is 9.90. The van der Waals surface area contributed by atoms with Crippen molar-refractivity contribution in [3.8, 4) is 0 Å². The standard InChI is InChI=1S/C21H24ClN3O2/c1-21(2,20(27)24-17-7-5-6-15(22)14-17)19(26)23-16-8-10-18(11-9-16)25-12-3-4-13-25/h5-11,14H,3-4,12-13H2,1-2H3,(H,23,26)(H,24,27). The molecule has 27 heavy (non-hydrogen) atoms. The van der Waals surface area contributed by atoms with Crippen molar-refractivity contribution in [3.05, 3.63) is 53.6 Å². The van der Waals surface area contributed by atoms with Crippen molar-refractivity contribution < 1.29 is 9.59 Å². The molecule has 2 aromatic rings. The largest absolute Gasteiger partial charge is 0.372 e. The molecular formula is C21H24ClN3O2. The summed E-state index contributed by atoms with van der Waals surface area (Å²) < 4.78 is 0. The van der Waals surface area contributed by atoms with E-state index in [2.05, 4.69) is 15.5 Å². The molecule has 6 heteroatoms. The van der Waals surface area contributed by atoms with Crippen LogP contribution in [0.4, 0.5) is 17.1 Å². The highest BCUT2D eigenvalue weighted by atomic mass is 35.5. The molecule has 0 aromatic heterocycles. The summed E-state index contributed by atoms with van der Waals surface area (Å²) in [5.74, 6) is -0.757. The van der Waals surface area contributed by atoms with Gasteiger partial charge < -0.3 is 15.5 Å². The predicted molar refractivity (Wildman–Crippen MR) is 110 cm³/mol. The van der Waals surface area contributed by atoms with Crippen LogP contribution in [0.5, 0.6) is 0 Å². The zero-order valence-electron chi connectivity index (χ0n) is 15.6. The highest BCUT2D eigenvalue weighted by Crippen LogP contribution is 2.25. The molecule has 0 aliphatic carbocycles. The molecule has 2 aromatic carbocycles. The Labute approximate surface area is 164 Å². The normalized spacial score (nSPS) is 14.1. The summed E-state index contributed by atoms with van der Waals surface area (Å²) >= 11 is 5.94. The number of hydrogen-bond donors (Lipinski definition) is 2. The van der Waals surface area contributed by atoms with Gasteiger partial charge in [-0.25, -0.2) is 0 Å². The first kappa shape index (κ1) is 19.2. The first-order valence-electron chi connectivity index (χ1n) is 9.10. The van der Waals surface area contributed by atoms with E-state index >= 15 is 0 Å². The predicted octanol–water partition coefficient (Wildman–Crippen LogP) is 4.54. The van der Waals surface area contributed by atoms with Gasteiger partial charge in [0.1, 0.15) is 5.41 Å². The van der Waals surface area contributed by atoms with Crippen LogP contribution in [0.1, 0.15) is 26.7 Å². The first-order valence-corrected chi connectivity index (χ1v) is 9.47. The fourth-order valence-corrected chi connectivity index (χ4v) is 3.17. The third kappa shape index (κ3) is 4.61. The van der Waals surface area contributed by atoms with E-state index in [0.29, 0.717) is 16.4 Å². The topological polar surface area (TPSA) is 61.4 Å². The number of amides is 2. The summed E-state index contributed by atoms with van der Waals surface area (Å²) in [6.45, 7) is 5.34. The molecule has 0 radical (unpaired) electrons. The Morgan fingerprint density at radius 2 is 1.52 bits per heavy atom. The minimum Gasteiger partial charge on any atom is -0.372 e. The van der Waals surface area contributed by atoms with Gasteiger partial charge in [0.25, 0.3) is 0 Å². The van der Waals surface area contributed by atoms with Crippen molar-refractivity contribution in [1.29, 1.82) is 0 Å². The second kappa shape index (κ2) is 8.01. The molecular weight excluding hydrogens is 362 g/mol. The van der Waals surface area contributed by atoms with Crippen LogP contribution < -0.4 is 15.5 Å². The van der Waals surface area contributed by atoms with Gasteiger partial charge in [0.15, 0.2) is 0 Å². The second-order valence-electron chi connectivity index (χ2n) is 7.28. The number of hydrogen-bond acceptors (Lipinski definition) is 3. The lowest BCUT2D eigenvalue weighted by Gasteiger charge is -2.23. The molecule has 3 rings (SSSR count). The molecule has 2 N–H and O–H groups in total. The average Bonchev–Trinajstić information content (AvgIpc) is 3.17. The van der Waals surface area contributed by atoms with E-state index in [9.17, 15) is 9.59 Å². The summed E-state index contributed by atoms with van der Waals surface area (Å²) in [7, 11) is 0. The Kier molecular flexibility index (Phi) is 5.71. The Balaban J connectivity index is 1.63. The molecule has 1 aliphatic rings. The third-order valence-corrected chi connectivity index (χ3v) is 5.05. The van der Waals surface area contributed by atoms with Gasteiger partial charge in [-0.05, 0) is 69.2 Å². The molecule has 1 heterocycles. The number of carbonyl (C=O) groups is 2. The second-order valence-corrected chi connectivity index (χ2v) is 7.72. The van der Waals surface area contributed by atoms with Crippen LogP contribution in [-0.4, -0.2) is 24.9 Å². The zero-order chi connectivity index (χ0) is 19.4. The quantitative estimate of drug-likeness (QED) is 0.742. The van der Waals surface area contributed by atoms with E-state index in [1.807, 2.05) is 24.3 Å². The van der Waals surface area contributed by atoms with E-state index in [-0.39, 0.29) is 5.91 Å². The van der Waals surface area contributed by atoms with Crippen LogP contribution in [0, 0.1) is 5.41 Å². The lowest BCUT2D eigenvalue weighted by Crippen LogP contribution is -2.41. The molecule has 1 fully saturated rings. The van der Waals surface area contributed by atoms with Gasteiger partial charge in [-0.15, -0.1) is 0 Å². The smallest absolute Gasteiger partial charge is 0.239 e. The van der Waals surface area contributed by atoms with E-state index in [4.69, 9.17) is 11.6 Å². The number of anilines is 3. The number of rotatable bonds is 5. The van der Waals surface area contributed by atoms with Gasteiger partial charge in [0.2, 0.25) is 11.8 Å². The SMILES string of the molecule is CC(C)(C(=O)Nc1ccc(N2CCCC2)cc1)C(=O)Nc1cccc(Cl)c1. The fraction of sp³-hybridized carbons (Fsp3) is 0.333. The van der Waals surface area contributed by atoms with Crippen LogP contribution in [0.3, 0.4) is 0 Å². The van der Waals surface area contributed by atoms with Crippen LogP contribution in [-0.2, 0) is 9.59 Å².